The van der Waals surface area contributed by atoms with Crippen LogP contribution in [-0.4, -0.2) is 18.8 Å². The van der Waals surface area contributed by atoms with Crippen molar-refractivity contribution in [1.82, 2.24) is 4.31 Å². The Kier molecular flexibility index (Phi) is 5.29. The average molecular weight is 456 g/mol. The third kappa shape index (κ3) is 3.83. The monoisotopic (exact) mass is 455 g/mol. The van der Waals surface area contributed by atoms with E-state index >= 15 is 0 Å². The summed E-state index contributed by atoms with van der Waals surface area (Å²) in [6, 6.07) is 27.1. The molecule has 1 atom stereocenters. The Morgan fingerprint density at radius 1 is 0.818 bits per heavy atom. The summed E-state index contributed by atoms with van der Waals surface area (Å²) in [5.74, 6) is 0. The van der Waals surface area contributed by atoms with Crippen molar-refractivity contribution in [2.45, 2.75) is 44.6 Å². The molecule has 1 aliphatic heterocycles. The molecular weight excluding hydrogens is 426 g/mol. The molecule has 0 bridgehead atoms. The van der Waals surface area contributed by atoms with Gasteiger partial charge in [-0.25, -0.2) is 8.42 Å². The molecule has 5 rings (SSSR count). The van der Waals surface area contributed by atoms with E-state index in [1.807, 2.05) is 67.6 Å². The lowest BCUT2D eigenvalue weighted by Gasteiger charge is -2.36. The Labute approximate surface area is 197 Å². The second kappa shape index (κ2) is 8.03. The maximum absolute atomic E-state index is 14.2. The summed E-state index contributed by atoms with van der Waals surface area (Å²) >= 11 is 0. The normalized spacial score (nSPS) is 19.9. The zero-order valence-corrected chi connectivity index (χ0v) is 20.1. The van der Waals surface area contributed by atoms with Gasteiger partial charge in [0.25, 0.3) is 10.0 Å². The number of nitrogens with zero attached hydrogens (tertiary/aromatic N) is 1. The molecule has 3 nitrogen and oxygen atoms in total. The molecular formula is C29H29NO2S. The minimum absolute atomic E-state index is 0.0112. The van der Waals surface area contributed by atoms with Crippen LogP contribution < -0.4 is 0 Å². The van der Waals surface area contributed by atoms with E-state index in [1.54, 1.807) is 16.4 Å². The predicted octanol–water partition coefficient (Wildman–Crippen LogP) is 6.68. The van der Waals surface area contributed by atoms with Gasteiger partial charge < -0.3 is 0 Å². The van der Waals surface area contributed by atoms with Crippen LogP contribution in [0.1, 0.15) is 43.4 Å². The van der Waals surface area contributed by atoms with Crippen molar-refractivity contribution in [3.05, 3.63) is 113 Å². The zero-order valence-electron chi connectivity index (χ0n) is 19.3. The smallest absolute Gasteiger partial charge is 0.258 e. The van der Waals surface area contributed by atoms with Gasteiger partial charge in [0, 0.05) is 5.57 Å². The van der Waals surface area contributed by atoms with E-state index in [-0.39, 0.29) is 11.5 Å². The molecule has 0 spiro atoms. The fourth-order valence-corrected chi connectivity index (χ4v) is 6.72. The van der Waals surface area contributed by atoms with Gasteiger partial charge in [0.1, 0.15) is 0 Å². The summed E-state index contributed by atoms with van der Waals surface area (Å²) in [7, 11) is -3.77. The molecule has 0 radical (unpaired) electrons. The van der Waals surface area contributed by atoms with Crippen molar-refractivity contribution < 1.29 is 8.42 Å². The van der Waals surface area contributed by atoms with E-state index in [0.29, 0.717) is 4.90 Å². The highest BCUT2D eigenvalue weighted by atomic mass is 32.2. The van der Waals surface area contributed by atoms with Crippen LogP contribution in [0.4, 0.5) is 0 Å². The highest BCUT2D eigenvalue weighted by Gasteiger charge is 2.46. The maximum Gasteiger partial charge on any atom is 0.264 e. The van der Waals surface area contributed by atoms with Crippen LogP contribution in [0.15, 0.2) is 101 Å². The molecule has 33 heavy (non-hydrogen) atoms. The van der Waals surface area contributed by atoms with Crippen molar-refractivity contribution in [3.63, 3.8) is 0 Å². The first kappa shape index (κ1) is 21.7. The lowest BCUT2D eigenvalue weighted by Crippen LogP contribution is -2.38. The first-order valence-electron chi connectivity index (χ1n) is 11.5. The molecule has 1 heterocycles. The Bertz CT molecular complexity index is 1340. The summed E-state index contributed by atoms with van der Waals surface area (Å²) in [4.78, 5) is 0.333. The number of hydrogen-bond donors (Lipinski definition) is 0. The summed E-state index contributed by atoms with van der Waals surface area (Å²) in [5.41, 5.74) is 5.93. The number of allylic oxidation sites excluding steroid dienone is 1. The molecule has 0 N–H and O–H groups in total. The van der Waals surface area contributed by atoms with Crippen LogP contribution in [-0.2, 0) is 10.0 Å². The number of benzene rings is 3. The molecule has 3 aromatic carbocycles. The van der Waals surface area contributed by atoms with Crippen molar-refractivity contribution in [2.24, 2.45) is 5.41 Å². The Balaban J connectivity index is 1.83. The third-order valence-electron chi connectivity index (χ3n) is 6.68. The van der Waals surface area contributed by atoms with Gasteiger partial charge in [-0.2, -0.15) is 0 Å². The molecule has 168 valence electrons. The fraction of sp³-hybridized carbons (Fsp3) is 0.241. The van der Waals surface area contributed by atoms with Crippen LogP contribution in [0.2, 0.25) is 0 Å². The molecule has 3 aromatic rings. The van der Waals surface area contributed by atoms with Gasteiger partial charge >= 0.3 is 0 Å². The Morgan fingerprint density at radius 3 is 2.00 bits per heavy atom. The number of rotatable bonds is 4. The SMILES string of the molecule is Cc1ccc(S(=O)(=O)N2C(c3ccccc3)=C(c3ccccc3)C3=CC(C)(C)CCC32)cc1. The van der Waals surface area contributed by atoms with Crippen LogP contribution in [0.5, 0.6) is 0 Å². The topological polar surface area (TPSA) is 37.4 Å². The molecule has 1 unspecified atom stereocenters. The van der Waals surface area contributed by atoms with E-state index in [0.717, 1.165) is 46.4 Å². The first-order chi connectivity index (χ1) is 15.8. The Hall–Kier alpha value is -3.11. The van der Waals surface area contributed by atoms with E-state index < -0.39 is 10.0 Å². The zero-order chi connectivity index (χ0) is 23.2. The highest BCUT2D eigenvalue weighted by molar-refractivity contribution is 7.89. The van der Waals surface area contributed by atoms with Crippen molar-refractivity contribution >= 4 is 21.3 Å². The van der Waals surface area contributed by atoms with Crippen molar-refractivity contribution in [2.75, 3.05) is 0 Å². The summed E-state index contributed by atoms with van der Waals surface area (Å²) in [6.45, 7) is 6.44. The average Bonchev–Trinajstić information content (AvgIpc) is 3.14. The Morgan fingerprint density at radius 2 is 1.39 bits per heavy atom. The second-order valence-electron chi connectivity index (χ2n) is 9.71. The quantitative estimate of drug-likeness (QED) is 0.440. The summed E-state index contributed by atoms with van der Waals surface area (Å²) in [5, 5.41) is 0. The van der Waals surface area contributed by atoms with Crippen LogP contribution in [0.25, 0.3) is 11.3 Å². The lowest BCUT2D eigenvalue weighted by atomic mass is 9.76. The van der Waals surface area contributed by atoms with E-state index in [2.05, 4.69) is 32.1 Å². The molecule has 2 aliphatic rings. The standard InChI is InChI=1S/C29H29NO2S/c1-21-14-16-24(17-15-21)33(31,32)30-26-18-19-29(2,3)20-25(26)27(22-10-6-4-7-11-22)28(30)23-12-8-5-9-13-23/h4-17,20,26H,18-19H2,1-3H3. The molecule has 0 saturated carbocycles. The van der Waals surface area contributed by atoms with Crippen LogP contribution in [0.3, 0.4) is 0 Å². The molecule has 0 amide bonds. The predicted molar refractivity (Wildman–Crippen MR) is 135 cm³/mol. The van der Waals surface area contributed by atoms with E-state index in [1.165, 1.54) is 0 Å². The van der Waals surface area contributed by atoms with Crippen molar-refractivity contribution in [3.8, 4) is 0 Å². The van der Waals surface area contributed by atoms with Gasteiger partial charge in [-0.3, -0.25) is 4.31 Å². The molecule has 0 saturated heterocycles. The number of hydrogen-bond acceptors (Lipinski definition) is 2. The molecule has 4 heteroatoms. The maximum atomic E-state index is 14.2. The van der Waals surface area contributed by atoms with Gasteiger partial charge in [0.15, 0.2) is 0 Å². The minimum Gasteiger partial charge on any atom is -0.258 e. The van der Waals surface area contributed by atoms with E-state index in [9.17, 15) is 8.42 Å². The van der Waals surface area contributed by atoms with Crippen LogP contribution in [0, 0.1) is 12.3 Å². The lowest BCUT2D eigenvalue weighted by molar-refractivity contribution is 0.335. The molecule has 0 fully saturated rings. The third-order valence-corrected chi connectivity index (χ3v) is 8.51. The molecule has 0 aromatic heterocycles. The van der Waals surface area contributed by atoms with Gasteiger partial charge in [-0.05, 0) is 54.0 Å². The van der Waals surface area contributed by atoms with Crippen LogP contribution >= 0.6 is 0 Å². The van der Waals surface area contributed by atoms with Crippen molar-refractivity contribution in [1.29, 1.82) is 0 Å². The first-order valence-corrected chi connectivity index (χ1v) is 12.9. The van der Waals surface area contributed by atoms with Gasteiger partial charge in [-0.15, -0.1) is 0 Å². The van der Waals surface area contributed by atoms with Gasteiger partial charge in [0.05, 0.1) is 16.6 Å². The van der Waals surface area contributed by atoms with E-state index in [4.69, 9.17) is 0 Å². The number of fused-ring (bicyclic) bond motifs is 1. The molecule has 1 aliphatic carbocycles. The largest absolute Gasteiger partial charge is 0.264 e. The number of sulfonamides is 1. The summed E-state index contributed by atoms with van der Waals surface area (Å²) < 4.78 is 30.1. The highest BCUT2D eigenvalue weighted by Crippen LogP contribution is 2.52. The van der Waals surface area contributed by atoms with Gasteiger partial charge in [0.2, 0.25) is 0 Å². The minimum atomic E-state index is -3.77. The summed E-state index contributed by atoms with van der Waals surface area (Å²) in [6.07, 6.45) is 4.03. The van der Waals surface area contributed by atoms with Gasteiger partial charge in [-0.1, -0.05) is 98.3 Å². The fourth-order valence-electron chi connectivity index (χ4n) is 5.03. The number of aryl methyl sites for hydroxylation is 1. The second-order valence-corrected chi connectivity index (χ2v) is 11.5.